The number of rotatable bonds is 10. The first-order valence-corrected chi connectivity index (χ1v) is 12.1. The molecule has 1 aliphatic carbocycles. The Morgan fingerprint density at radius 1 is 1.14 bits per heavy atom. The number of esters is 2. The van der Waals surface area contributed by atoms with E-state index in [9.17, 15) is 29.3 Å². The summed E-state index contributed by atoms with van der Waals surface area (Å²) in [6.45, 7) is 5.95. The molecule has 190 valence electrons. The van der Waals surface area contributed by atoms with Crippen LogP contribution in [0.25, 0.3) is 0 Å². The number of unbranched alkanes of at least 4 members (excludes halogenated alkanes) is 1. The van der Waals surface area contributed by atoms with Crippen molar-refractivity contribution in [2.45, 2.75) is 65.4 Å². The lowest BCUT2D eigenvalue weighted by atomic mass is 9.75. The zero-order chi connectivity index (χ0) is 25.7. The maximum absolute atomic E-state index is 12.5. The van der Waals surface area contributed by atoms with Gasteiger partial charge >= 0.3 is 11.9 Å². The smallest absolute Gasteiger partial charge is 0.344 e. The highest BCUT2D eigenvalue weighted by molar-refractivity contribution is 6.23. The van der Waals surface area contributed by atoms with Crippen LogP contribution in [0.4, 0.5) is 5.69 Å². The van der Waals surface area contributed by atoms with Gasteiger partial charge in [0.2, 0.25) is 0 Å². The van der Waals surface area contributed by atoms with E-state index in [1.807, 2.05) is 0 Å². The van der Waals surface area contributed by atoms with Crippen LogP contribution in [0.15, 0.2) is 18.2 Å². The van der Waals surface area contributed by atoms with Crippen molar-refractivity contribution >= 4 is 29.4 Å². The number of nitro benzene ring substituents is 1. The number of benzene rings is 1. The number of imide groups is 1. The third kappa shape index (κ3) is 6.23. The summed E-state index contributed by atoms with van der Waals surface area (Å²) in [5, 5.41) is 11.2. The molecule has 0 radical (unpaired) electrons. The number of nitro groups is 1. The highest BCUT2D eigenvalue weighted by Crippen LogP contribution is 2.35. The minimum Gasteiger partial charge on any atom is -0.460 e. The molecule has 1 aliphatic heterocycles. The van der Waals surface area contributed by atoms with Gasteiger partial charge in [0.25, 0.3) is 17.5 Å². The molecule has 1 aromatic rings. The minimum atomic E-state index is -0.709. The Labute approximate surface area is 204 Å². The zero-order valence-electron chi connectivity index (χ0n) is 20.4. The van der Waals surface area contributed by atoms with E-state index in [2.05, 4.69) is 20.8 Å². The van der Waals surface area contributed by atoms with Crippen molar-refractivity contribution in [1.29, 1.82) is 0 Å². The summed E-state index contributed by atoms with van der Waals surface area (Å²) in [5.74, 6) is -1.24. The topological polar surface area (TPSA) is 133 Å². The van der Waals surface area contributed by atoms with Crippen molar-refractivity contribution in [1.82, 2.24) is 4.90 Å². The quantitative estimate of drug-likeness (QED) is 0.159. The molecule has 1 heterocycles. The number of carbonyl (C=O) groups is 4. The summed E-state index contributed by atoms with van der Waals surface area (Å²) in [4.78, 5) is 60.7. The fourth-order valence-electron chi connectivity index (χ4n) is 4.87. The van der Waals surface area contributed by atoms with Gasteiger partial charge in [0, 0.05) is 19.0 Å². The molecule has 3 rings (SSSR count). The van der Waals surface area contributed by atoms with Crippen LogP contribution in [-0.4, -0.2) is 52.8 Å². The molecular weight excluding hydrogens is 456 g/mol. The lowest BCUT2D eigenvalue weighted by Gasteiger charge is -2.36. The molecule has 1 aromatic carbocycles. The number of hydrogen-bond acceptors (Lipinski definition) is 8. The van der Waals surface area contributed by atoms with Crippen molar-refractivity contribution in [3.63, 3.8) is 0 Å². The molecule has 0 saturated heterocycles. The molecule has 10 heteroatoms. The van der Waals surface area contributed by atoms with Crippen molar-refractivity contribution in [3.8, 4) is 0 Å². The summed E-state index contributed by atoms with van der Waals surface area (Å²) in [6.07, 6.45) is 3.41. The highest BCUT2D eigenvalue weighted by atomic mass is 16.6. The highest BCUT2D eigenvalue weighted by Gasteiger charge is 2.40. The normalized spacial score (nSPS) is 21.7. The molecule has 0 N–H and O–H groups in total. The second kappa shape index (κ2) is 11.4. The Morgan fingerprint density at radius 3 is 2.57 bits per heavy atom. The van der Waals surface area contributed by atoms with Gasteiger partial charge in [-0.05, 0) is 49.5 Å². The van der Waals surface area contributed by atoms with E-state index in [-0.39, 0.29) is 30.2 Å². The van der Waals surface area contributed by atoms with Crippen LogP contribution >= 0.6 is 0 Å². The molecule has 1 saturated carbocycles. The van der Waals surface area contributed by atoms with Crippen molar-refractivity contribution < 1.29 is 33.6 Å². The van der Waals surface area contributed by atoms with Gasteiger partial charge in [-0.25, -0.2) is 4.79 Å². The lowest BCUT2D eigenvalue weighted by Crippen LogP contribution is -2.36. The van der Waals surface area contributed by atoms with Crippen LogP contribution in [0.2, 0.25) is 0 Å². The lowest BCUT2D eigenvalue weighted by molar-refractivity contribution is -0.385. The number of ether oxygens (including phenoxy) is 2. The molecule has 3 atom stereocenters. The Bertz CT molecular complexity index is 1010. The molecule has 0 bridgehead atoms. The fraction of sp³-hybridized carbons (Fsp3) is 0.600. The van der Waals surface area contributed by atoms with Crippen LogP contribution in [0.1, 0.15) is 80.0 Å². The van der Waals surface area contributed by atoms with Gasteiger partial charge < -0.3 is 9.47 Å². The Kier molecular flexibility index (Phi) is 8.58. The molecule has 3 unspecified atom stereocenters. The predicted octanol–water partition coefficient (Wildman–Crippen LogP) is 3.91. The second-order valence-electron chi connectivity index (χ2n) is 9.69. The van der Waals surface area contributed by atoms with E-state index < -0.39 is 41.0 Å². The maximum Gasteiger partial charge on any atom is 0.344 e. The van der Waals surface area contributed by atoms with Gasteiger partial charge in [-0.15, -0.1) is 0 Å². The molecule has 2 aliphatic rings. The first-order chi connectivity index (χ1) is 16.6. The van der Waals surface area contributed by atoms with Gasteiger partial charge in [-0.2, -0.15) is 0 Å². The second-order valence-corrected chi connectivity index (χ2v) is 9.69. The summed E-state index contributed by atoms with van der Waals surface area (Å²) in [6, 6.07) is 3.94. The zero-order valence-corrected chi connectivity index (χ0v) is 20.4. The summed E-state index contributed by atoms with van der Waals surface area (Å²) in [5.41, 5.74) is -0.595. The minimum absolute atomic E-state index is 0.00563. The van der Waals surface area contributed by atoms with Crippen LogP contribution in [0.5, 0.6) is 0 Å². The summed E-state index contributed by atoms with van der Waals surface area (Å²) >= 11 is 0. The monoisotopic (exact) mass is 488 g/mol. The molecule has 2 amide bonds. The van der Waals surface area contributed by atoms with Crippen LogP contribution in [0.3, 0.4) is 0 Å². The SMILES string of the molecule is CC1CCC(C(C)C)C(OC(=O)COC(=O)CCCCN2C(=O)c3cccc([N+](=O)[O-])c3C2=O)C1. The van der Waals surface area contributed by atoms with Gasteiger partial charge in [-0.3, -0.25) is 29.4 Å². The van der Waals surface area contributed by atoms with Crippen molar-refractivity contribution in [2.24, 2.45) is 17.8 Å². The van der Waals surface area contributed by atoms with Gasteiger partial charge in [-0.1, -0.05) is 33.3 Å². The average Bonchev–Trinajstić information content (AvgIpc) is 3.05. The number of fused-ring (bicyclic) bond motifs is 1. The molecule has 35 heavy (non-hydrogen) atoms. The van der Waals surface area contributed by atoms with E-state index in [4.69, 9.17) is 9.47 Å². The molecule has 1 fully saturated rings. The molecule has 10 nitrogen and oxygen atoms in total. The average molecular weight is 489 g/mol. The van der Waals surface area contributed by atoms with Gasteiger partial charge in [0.1, 0.15) is 11.7 Å². The summed E-state index contributed by atoms with van der Waals surface area (Å²) in [7, 11) is 0. The Morgan fingerprint density at radius 2 is 1.89 bits per heavy atom. The fourth-order valence-corrected chi connectivity index (χ4v) is 4.87. The Hall–Kier alpha value is -3.30. The number of hydrogen-bond donors (Lipinski definition) is 0. The van der Waals surface area contributed by atoms with Gasteiger partial charge in [0.15, 0.2) is 6.61 Å². The number of carbonyl (C=O) groups excluding carboxylic acids is 4. The molecule has 0 spiro atoms. The van der Waals surface area contributed by atoms with E-state index in [1.165, 1.54) is 18.2 Å². The molecule has 0 aromatic heterocycles. The maximum atomic E-state index is 12.5. The first kappa shape index (κ1) is 26.3. The van der Waals surface area contributed by atoms with Crippen LogP contribution in [0, 0.1) is 27.9 Å². The van der Waals surface area contributed by atoms with E-state index >= 15 is 0 Å². The van der Waals surface area contributed by atoms with Crippen molar-refractivity contribution in [2.75, 3.05) is 13.2 Å². The number of nitrogens with zero attached hydrogens (tertiary/aromatic N) is 2. The van der Waals surface area contributed by atoms with Crippen LogP contribution < -0.4 is 0 Å². The molecular formula is C25H32N2O8. The largest absolute Gasteiger partial charge is 0.460 e. The van der Waals surface area contributed by atoms with E-state index in [0.29, 0.717) is 30.6 Å². The third-order valence-corrected chi connectivity index (χ3v) is 6.78. The first-order valence-electron chi connectivity index (χ1n) is 12.1. The van der Waals surface area contributed by atoms with Crippen molar-refractivity contribution in [3.05, 3.63) is 39.4 Å². The van der Waals surface area contributed by atoms with Gasteiger partial charge in [0.05, 0.1) is 10.5 Å². The van der Waals surface area contributed by atoms with E-state index in [0.717, 1.165) is 24.2 Å². The standard InChI is InChI=1S/C25H32N2O8/c1-15(2)17-11-10-16(3)13-20(17)35-22(29)14-34-21(28)9-4-5-12-26-24(30)18-7-6-8-19(27(32)33)23(18)25(26)31/h6-8,15-17,20H,4-5,9-14H2,1-3H3. The Balaban J connectivity index is 1.40. The third-order valence-electron chi connectivity index (χ3n) is 6.78. The summed E-state index contributed by atoms with van der Waals surface area (Å²) < 4.78 is 10.7. The predicted molar refractivity (Wildman–Crippen MR) is 124 cm³/mol. The van der Waals surface area contributed by atoms with E-state index in [1.54, 1.807) is 0 Å². The van der Waals surface area contributed by atoms with Crippen LogP contribution in [-0.2, 0) is 19.1 Å². The number of amides is 2.